The summed E-state index contributed by atoms with van der Waals surface area (Å²) in [6, 6.07) is 1.32. The highest BCUT2D eigenvalue weighted by Gasteiger charge is 2.21. The fourth-order valence-corrected chi connectivity index (χ4v) is 1.26. The SMILES string of the molecule is COC(=O)Cc1nccc(OC)c1C(F)F. The molecule has 4 nitrogen and oxygen atoms in total. The van der Waals surface area contributed by atoms with Gasteiger partial charge in [-0.1, -0.05) is 0 Å². The van der Waals surface area contributed by atoms with Crippen molar-refractivity contribution < 1.29 is 23.0 Å². The second-order valence-electron chi connectivity index (χ2n) is 2.93. The van der Waals surface area contributed by atoms with Crippen LogP contribution in [-0.4, -0.2) is 25.2 Å². The Hall–Kier alpha value is -1.72. The van der Waals surface area contributed by atoms with E-state index in [2.05, 4.69) is 9.72 Å². The first-order chi connectivity index (χ1) is 7.60. The van der Waals surface area contributed by atoms with E-state index in [0.29, 0.717) is 0 Å². The number of nitrogens with zero attached hydrogens (tertiary/aromatic N) is 1. The van der Waals surface area contributed by atoms with Gasteiger partial charge in [-0.2, -0.15) is 0 Å². The molecule has 0 unspecified atom stereocenters. The lowest BCUT2D eigenvalue weighted by Crippen LogP contribution is -2.10. The maximum atomic E-state index is 12.8. The largest absolute Gasteiger partial charge is 0.496 e. The van der Waals surface area contributed by atoms with Gasteiger partial charge in [-0.05, 0) is 6.07 Å². The van der Waals surface area contributed by atoms with Crippen LogP contribution >= 0.6 is 0 Å². The molecule has 1 heterocycles. The molecular weight excluding hydrogens is 220 g/mol. The Kier molecular flexibility index (Phi) is 4.16. The van der Waals surface area contributed by atoms with Gasteiger partial charge in [-0.15, -0.1) is 0 Å². The van der Waals surface area contributed by atoms with Crippen LogP contribution in [0.4, 0.5) is 8.78 Å². The predicted octanol–water partition coefficient (Wildman–Crippen LogP) is 1.74. The van der Waals surface area contributed by atoms with Gasteiger partial charge in [0, 0.05) is 6.20 Å². The van der Waals surface area contributed by atoms with E-state index < -0.39 is 12.4 Å². The van der Waals surface area contributed by atoms with Gasteiger partial charge in [0.25, 0.3) is 6.43 Å². The highest BCUT2D eigenvalue weighted by molar-refractivity contribution is 5.72. The molecule has 6 heteroatoms. The van der Waals surface area contributed by atoms with E-state index in [1.807, 2.05) is 0 Å². The van der Waals surface area contributed by atoms with Gasteiger partial charge in [0.05, 0.1) is 31.9 Å². The van der Waals surface area contributed by atoms with Gasteiger partial charge in [0.1, 0.15) is 5.75 Å². The van der Waals surface area contributed by atoms with Crippen LogP contribution in [0, 0.1) is 0 Å². The average Bonchev–Trinajstić information content (AvgIpc) is 2.28. The number of halogens is 2. The third-order valence-corrected chi connectivity index (χ3v) is 2.01. The monoisotopic (exact) mass is 231 g/mol. The zero-order valence-electron chi connectivity index (χ0n) is 8.87. The minimum absolute atomic E-state index is 0.0175. The number of aromatic nitrogens is 1. The van der Waals surface area contributed by atoms with Gasteiger partial charge in [-0.3, -0.25) is 9.78 Å². The first-order valence-corrected chi connectivity index (χ1v) is 4.46. The van der Waals surface area contributed by atoms with E-state index in [-0.39, 0.29) is 23.4 Å². The molecule has 16 heavy (non-hydrogen) atoms. The molecule has 0 fully saturated rings. The van der Waals surface area contributed by atoms with Crippen LogP contribution in [0.25, 0.3) is 0 Å². The molecule has 0 aromatic carbocycles. The second kappa shape index (κ2) is 5.39. The summed E-state index contributed by atoms with van der Waals surface area (Å²) in [6.45, 7) is 0. The number of alkyl halides is 2. The van der Waals surface area contributed by atoms with Gasteiger partial charge in [0.15, 0.2) is 0 Å². The summed E-state index contributed by atoms with van der Waals surface area (Å²) in [7, 11) is 2.47. The summed E-state index contributed by atoms with van der Waals surface area (Å²) in [5.41, 5.74) is -0.392. The molecule has 1 rings (SSSR count). The number of carbonyl (C=O) groups is 1. The fraction of sp³-hybridized carbons (Fsp3) is 0.400. The Balaban J connectivity index is 3.11. The summed E-state index contributed by atoms with van der Waals surface area (Å²) in [5.74, 6) is -0.605. The molecule has 88 valence electrons. The normalized spacial score (nSPS) is 10.3. The predicted molar refractivity (Wildman–Crippen MR) is 51.5 cm³/mol. The Bertz CT molecular complexity index is 382. The molecule has 0 aliphatic rings. The van der Waals surface area contributed by atoms with Crippen molar-refractivity contribution in [1.29, 1.82) is 0 Å². The number of rotatable bonds is 4. The molecule has 1 aromatic heterocycles. The number of pyridine rings is 1. The standard InChI is InChI=1S/C10H11F2NO3/c1-15-7-3-4-13-6(5-8(14)16-2)9(7)10(11)12/h3-4,10H,5H2,1-2H3. The maximum absolute atomic E-state index is 12.8. The van der Waals surface area contributed by atoms with Crippen molar-refractivity contribution in [3.8, 4) is 5.75 Å². The smallest absolute Gasteiger partial charge is 0.311 e. The molecule has 0 N–H and O–H groups in total. The van der Waals surface area contributed by atoms with E-state index >= 15 is 0 Å². The van der Waals surface area contributed by atoms with E-state index in [4.69, 9.17) is 4.74 Å². The lowest BCUT2D eigenvalue weighted by atomic mass is 10.1. The molecule has 0 saturated heterocycles. The molecular formula is C10H11F2NO3. The number of methoxy groups -OCH3 is 2. The van der Waals surface area contributed by atoms with Crippen LogP contribution in [0.15, 0.2) is 12.3 Å². The molecule has 0 aliphatic heterocycles. The topological polar surface area (TPSA) is 48.4 Å². The van der Waals surface area contributed by atoms with Crippen molar-refractivity contribution >= 4 is 5.97 Å². The molecule has 0 aliphatic carbocycles. The van der Waals surface area contributed by atoms with Crippen LogP contribution < -0.4 is 4.74 Å². The molecule has 0 spiro atoms. The Morgan fingerprint density at radius 2 is 2.19 bits per heavy atom. The van der Waals surface area contributed by atoms with E-state index in [1.54, 1.807) is 0 Å². The first-order valence-electron chi connectivity index (χ1n) is 4.46. The van der Waals surface area contributed by atoms with E-state index in [1.165, 1.54) is 26.5 Å². The van der Waals surface area contributed by atoms with Gasteiger partial charge in [0.2, 0.25) is 0 Å². The van der Waals surface area contributed by atoms with Crippen molar-refractivity contribution in [3.05, 3.63) is 23.5 Å². The second-order valence-corrected chi connectivity index (χ2v) is 2.93. The van der Waals surface area contributed by atoms with Crippen molar-refractivity contribution in [3.63, 3.8) is 0 Å². The summed E-state index contributed by atoms with van der Waals surface area (Å²) in [5, 5.41) is 0. The van der Waals surface area contributed by atoms with Crippen LogP contribution in [0.1, 0.15) is 17.7 Å². The van der Waals surface area contributed by atoms with E-state index in [0.717, 1.165) is 0 Å². The minimum atomic E-state index is -2.75. The highest BCUT2D eigenvalue weighted by atomic mass is 19.3. The van der Waals surface area contributed by atoms with Gasteiger partial charge < -0.3 is 9.47 Å². The summed E-state index contributed by atoms with van der Waals surface area (Å²) >= 11 is 0. The summed E-state index contributed by atoms with van der Waals surface area (Å²) in [4.78, 5) is 14.7. The Morgan fingerprint density at radius 3 is 2.69 bits per heavy atom. The lowest BCUT2D eigenvalue weighted by Gasteiger charge is -2.11. The van der Waals surface area contributed by atoms with Crippen molar-refractivity contribution in [2.75, 3.05) is 14.2 Å². The van der Waals surface area contributed by atoms with Crippen LogP contribution in [0.3, 0.4) is 0 Å². The van der Waals surface area contributed by atoms with Crippen LogP contribution in [0.5, 0.6) is 5.75 Å². The number of esters is 1. The lowest BCUT2D eigenvalue weighted by molar-refractivity contribution is -0.139. The number of carbonyl (C=O) groups excluding carboxylic acids is 1. The number of hydrogen-bond donors (Lipinski definition) is 0. The zero-order chi connectivity index (χ0) is 12.1. The fourth-order valence-electron chi connectivity index (χ4n) is 1.26. The minimum Gasteiger partial charge on any atom is -0.496 e. The van der Waals surface area contributed by atoms with E-state index in [9.17, 15) is 13.6 Å². The Labute approximate surface area is 91.2 Å². The highest BCUT2D eigenvalue weighted by Crippen LogP contribution is 2.31. The maximum Gasteiger partial charge on any atom is 0.311 e. The molecule has 0 bridgehead atoms. The Morgan fingerprint density at radius 1 is 1.50 bits per heavy atom. The van der Waals surface area contributed by atoms with Crippen molar-refractivity contribution in [2.45, 2.75) is 12.8 Å². The van der Waals surface area contributed by atoms with Crippen LogP contribution in [0.2, 0.25) is 0 Å². The summed E-state index contributed by atoms with van der Waals surface area (Å²) < 4.78 is 34.7. The van der Waals surface area contributed by atoms with Crippen molar-refractivity contribution in [2.24, 2.45) is 0 Å². The van der Waals surface area contributed by atoms with Crippen LogP contribution in [-0.2, 0) is 16.0 Å². The third-order valence-electron chi connectivity index (χ3n) is 2.01. The quantitative estimate of drug-likeness (QED) is 0.740. The molecule has 1 aromatic rings. The van der Waals surface area contributed by atoms with Gasteiger partial charge in [-0.25, -0.2) is 8.78 Å². The van der Waals surface area contributed by atoms with Crippen molar-refractivity contribution in [1.82, 2.24) is 4.98 Å². The van der Waals surface area contributed by atoms with Gasteiger partial charge >= 0.3 is 5.97 Å². The number of hydrogen-bond acceptors (Lipinski definition) is 4. The average molecular weight is 231 g/mol. The zero-order valence-corrected chi connectivity index (χ0v) is 8.87. The molecule has 0 amide bonds. The third kappa shape index (κ3) is 2.65. The first kappa shape index (κ1) is 12.4. The molecule has 0 radical (unpaired) electrons. The summed E-state index contributed by atoms with van der Waals surface area (Å²) in [6.07, 6.45) is -1.74. The molecule has 0 atom stereocenters. The molecule has 0 saturated carbocycles. The number of ether oxygens (including phenoxy) is 2.